The summed E-state index contributed by atoms with van der Waals surface area (Å²) in [4.78, 5) is 5.98. The third-order valence-electron chi connectivity index (χ3n) is 3.70. The Labute approximate surface area is 102 Å². The van der Waals surface area contributed by atoms with Gasteiger partial charge < -0.3 is 9.64 Å². The van der Waals surface area contributed by atoms with Crippen molar-refractivity contribution in [2.45, 2.75) is 25.3 Å². The number of hydrogen-bond acceptors (Lipinski definition) is 2. The highest BCUT2D eigenvalue weighted by Crippen LogP contribution is 2.33. The summed E-state index contributed by atoms with van der Waals surface area (Å²) in [6.07, 6.45) is 3.46. The summed E-state index contributed by atoms with van der Waals surface area (Å²) >= 11 is 0. The molecule has 0 spiro atoms. The van der Waals surface area contributed by atoms with E-state index >= 15 is 0 Å². The number of nitrogens with zero attached hydrogens (tertiary/aromatic N) is 2. The summed E-state index contributed by atoms with van der Waals surface area (Å²) in [7, 11) is 0. The van der Waals surface area contributed by atoms with E-state index in [1.54, 1.807) is 0 Å². The van der Waals surface area contributed by atoms with Crippen LogP contribution < -0.4 is 4.90 Å². The highest BCUT2D eigenvalue weighted by Gasteiger charge is 2.27. The molecule has 1 aromatic rings. The largest absolute Gasteiger partial charge is 0.379 e. The molecule has 2 aliphatic rings. The van der Waals surface area contributed by atoms with Gasteiger partial charge in [0.2, 0.25) is 0 Å². The molecule has 1 fully saturated rings. The molecule has 1 aromatic carbocycles. The van der Waals surface area contributed by atoms with Crippen LogP contribution in [0, 0.1) is 6.57 Å². The molecule has 0 aliphatic carbocycles. The van der Waals surface area contributed by atoms with Crippen LogP contribution in [0.3, 0.4) is 0 Å². The van der Waals surface area contributed by atoms with Crippen LogP contribution >= 0.6 is 0 Å². The van der Waals surface area contributed by atoms with E-state index in [4.69, 9.17) is 11.3 Å². The number of hydrogen-bond donors (Lipinski definition) is 0. The van der Waals surface area contributed by atoms with Crippen molar-refractivity contribution < 1.29 is 4.74 Å². The second-order valence-corrected chi connectivity index (χ2v) is 4.74. The van der Waals surface area contributed by atoms with Gasteiger partial charge in [0.05, 0.1) is 19.2 Å². The molecular weight excluding hydrogens is 212 g/mol. The summed E-state index contributed by atoms with van der Waals surface area (Å²) in [6, 6.07) is 6.60. The van der Waals surface area contributed by atoms with Crippen molar-refractivity contribution in [1.82, 2.24) is 0 Å². The average Bonchev–Trinajstić information content (AvgIpc) is 2.91. The van der Waals surface area contributed by atoms with Gasteiger partial charge in [-0.25, -0.2) is 4.85 Å². The first kappa shape index (κ1) is 10.6. The van der Waals surface area contributed by atoms with E-state index in [0.29, 0.717) is 6.04 Å². The summed E-state index contributed by atoms with van der Waals surface area (Å²) < 4.78 is 5.48. The van der Waals surface area contributed by atoms with E-state index in [0.717, 1.165) is 38.3 Å². The minimum absolute atomic E-state index is 0.509. The first-order valence-corrected chi connectivity index (χ1v) is 6.23. The highest BCUT2D eigenvalue weighted by atomic mass is 16.5. The molecule has 0 bridgehead atoms. The van der Waals surface area contributed by atoms with Crippen LogP contribution in [0.15, 0.2) is 18.2 Å². The molecular formula is C14H16N2O. The summed E-state index contributed by atoms with van der Waals surface area (Å²) in [5.41, 5.74) is 3.39. The van der Waals surface area contributed by atoms with Crippen molar-refractivity contribution in [2.75, 3.05) is 24.7 Å². The zero-order chi connectivity index (χ0) is 11.7. The van der Waals surface area contributed by atoms with E-state index in [-0.39, 0.29) is 0 Å². The fourth-order valence-electron chi connectivity index (χ4n) is 2.81. The zero-order valence-corrected chi connectivity index (χ0v) is 9.85. The lowest BCUT2D eigenvalue weighted by molar-refractivity contribution is 0.193. The highest BCUT2D eigenvalue weighted by molar-refractivity contribution is 5.65. The van der Waals surface area contributed by atoms with Gasteiger partial charge in [0.25, 0.3) is 0 Å². The van der Waals surface area contributed by atoms with Gasteiger partial charge >= 0.3 is 0 Å². The monoisotopic (exact) mass is 228 g/mol. The van der Waals surface area contributed by atoms with Gasteiger partial charge in [0.1, 0.15) is 0 Å². The second kappa shape index (κ2) is 4.38. The molecule has 3 nitrogen and oxygen atoms in total. The van der Waals surface area contributed by atoms with E-state index in [2.05, 4.69) is 15.8 Å². The Balaban J connectivity index is 1.97. The lowest BCUT2D eigenvalue weighted by atomic mass is 9.99. The SMILES string of the molecule is [C-]#[N+]c1ccc2c(c1)N([C@@H]1CCOC1)CCC2. The minimum atomic E-state index is 0.509. The van der Waals surface area contributed by atoms with Gasteiger partial charge in [0, 0.05) is 18.8 Å². The third-order valence-corrected chi connectivity index (χ3v) is 3.70. The predicted octanol–water partition coefficient (Wildman–Crippen LogP) is 2.78. The number of fused-ring (bicyclic) bond motifs is 1. The third kappa shape index (κ3) is 1.89. The molecule has 1 atom stereocenters. The molecule has 0 saturated carbocycles. The Morgan fingerprint density at radius 3 is 3.12 bits per heavy atom. The van der Waals surface area contributed by atoms with E-state index in [1.807, 2.05) is 12.1 Å². The topological polar surface area (TPSA) is 16.8 Å². The molecule has 3 heteroatoms. The lowest BCUT2D eigenvalue weighted by Crippen LogP contribution is -2.39. The number of rotatable bonds is 1. The number of anilines is 1. The molecule has 3 rings (SSSR count). The Morgan fingerprint density at radius 2 is 2.35 bits per heavy atom. The fraction of sp³-hybridized carbons (Fsp3) is 0.500. The maximum atomic E-state index is 7.12. The number of benzene rings is 1. The zero-order valence-electron chi connectivity index (χ0n) is 9.85. The molecule has 0 amide bonds. The van der Waals surface area contributed by atoms with Crippen molar-refractivity contribution in [2.24, 2.45) is 0 Å². The van der Waals surface area contributed by atoms with Crippen LogP contribution in [-0.4, -0.2) is 25.8 Å². The van der Waals surface area contributed by atoms with Crippen LogP contribution in [0.5, 0.6) is 0 Å². The van der Waals surface area contributed by atoms with Crippen molar-refractivity contribution >= 4 is 11.4 Å². The summed E-state index contributed by atoms with van der Waals surface area (Å²) in [5, 5.41) is 0. The Kier molecular flexibility index (Phi) is 2.74. The van der Waals surface area contributed by atoms with Crippen LogP contribution in [0.1, 0.15) is 18.4 Å². The van der Waals surface area contributed by atoms with Crippen molar-refractivity contribution in [3.63, 3.8) is 0 Å². The van der Waals surface area contributed by atoms with Crippen LogP contribution in [0.4, 0.5) is 11.4 Å². The molecule has 1 saturated heterocycles. The lowest BCUT2D eigenvalue weighted by Gasteiger charge is -2.35. The normalized spacial score (nSPS) is 23.2. The molecule has 0 aromatic heterocycles. The van der Waals surface area contributed by atoms with E-state index in [9.17, 15) is 0 Å². The second-order valence-electron chi connectivity index (χ2n) is 4.74. The first-order valence-electron chi connectivity index (χ1n) is 6.23. The molecule has 88 valence electrons. The van der Waals surface area contributed by atoms with Crippen LogP contribution in [-0.2, 0) is 11.2 Å². The fourth-order valence-corrected chi connectivity index (χ4v) is 2.81. The molecule has 0 radical (unpaired) electrons. The maximum absolute atomic E-state index is 7.12. The number of aryl methyl sites for hydroxylation is 1. The van der Waals surface area contributed by atoms with E-state index < -0.39 is 0 Å². The Hall–Kier alpha value is -1.53. The van der Waals surface area contributed by atoms with Crippen LogP contribution in [0.2, 0.25) is 0 Å². The first-order chi connectivity index (χ1) is 8.38. The van der Waals surface area contributed by atoms with Gasteiger partial charge in [-0.2, -0.15) is 0 Å². The Morgan fingerprint density at radius 1 is 1.41 bits per heavy atom. The minimum Gasteiger partial charge on any atom is -0.379 e. The summed E-state index contributed by atoms with van der Waals surface area (Å²) in [5.74, 6) is 0. The molecule has 17 heavy (non-hydrogen) atoms. The van der Waals surface area contributed by atoms with Gasteiger partial charge in [0.15, 0.2) is 5.69 Å². The average molecular weight is 228 g/mol. The molecule has 0 unspecified atom stereocenters. The smallest absolute Gasteiger partial charge is 0.189 e. The quantitative estimate of drug-likeness (QED) is 0.687. The predicted molar refractivity (Wildman–Crippen MR) is 67.6 cm³/mol. The Bertz CT molecular complexity index is 458. The van der Waals surface area contributed by atoms with Gasteiger partial charge in [-0.3, -0.25) is 0 Å². The van der Waals surface area contributed by atoms with Gasteiger partial charge in [-0.1, -0.05) is 12.1 Å². The van der Waals surface area contributed by atoms with Gasteiger partial charge in [-0.15, -0.1) is 0 Å². The van der Waals surface area contributed by atoms with Crippen LogP contribution in [0.25, 0.3) is 4.85 Å². The summed E-state index contributed by atoms with van der Waals surface area (Å²) in [6.45, 7) is 9.93. The van der Waals surface area contributed by atoms with Crippen molar-refractivity contribution in [3.05, 3.63) is 35.2 Å². The van der Waals surface area contributed by atoms with Crippen molar-refractivity contribution in [3.8, 4) is 0 Å². The molecule has 2 heterocycles. The maximum Gasteiger partial charge on any atom is 0.189 e. The van der Waals surface area contributed by atoms with Gasteiger partial charge in [-0.05, 0) is 30.9 Å². The van der Waals surface area contributed by atoms with E-state index in [1.165, 1.54) is 17.7 Å². The molecule has 2 aliphatic heterocycles. The standard InChI is InChI=1S/C14H16N2O/c1-15-12-5-4-11-3-2-7-16(14(11)9-12)13-6-8-17-10-13/h4-5,9,13H,2-3,6-8,10H2/t13-/m1/s1. The number of ether oxygens (including phenoxy) is 1. The molecule has 0 N–H and O–H groups in total. The van der Waals surface area contributed by atoms with Crippen molar-refractivity contribution in [1.29, 1.82) is 0 Å².